The fourth-order valence-electron chi connectivity index (χ4n) is 3.02. The third-order valence-corrected chi connectivity index (χ3v) is 4.35. The first-order chi connectivity index (χ1) is 10.7. The van der Waals surface area contributed by atoms with Gasteiger partial charge in [0, 0.05) is 0 Å². The van der Waals surface area contributed by atoms with Crippen LogP contribution in [0.1, 0.15) is 33.4 Å². The maximum Gasteiger partial charge on any atom is -0.00202 e. The Bertz CT molecular complexity index is 673. The van der Waals surface area contributed by atoms with Crippen LogP contribution in [0, 0.1) is 13.8 Å². The standard InChI is InChI=1S/C22H22/c1-17-13-14-18(2)22(16-20-11-7-4-8-12-20)21(17)15-19-9-5-3-6-10-19/h3-14H,15-16H2,1-2H3. The zero-order chi connectivity index (χ0) is 15.4. The first-order valence-electron chi connectivity index (χ1n) is 7.90. The van der Waals surface area contributed by atoms with Gasteiger partial charge in [0.15, 0.2) is 0 Å². The highest BCUT2D eigenvalue weighted by molar-refractivity contribution is 5.45. The third-order valence-electron chi connectivity index (χ3n) is 4.35. The highest BCUT2D eigenvalue weighted by Crippen LogP contribution is 2.24. The Labute approximate surface area is 133 Å². The van der Waals surface area contributed by atoms with Crippen LogP contribution in [0.3, 0.4) is 0 Å². The monoisotopic (exact) mass is 286 g/mol. The lowest BCUT2D eigenvalue weighted by Crippen LogP contribution is -2.03. The van der Waals surface area contributed by atoms with Crippen molar-refractivity contribution in [1.82, 2.24) is 0 Å². The summed E-state index contributed by atoms with van der Waals surface area (Å²) in [6.45, 7) is 4.46. The minimum absolute atomic E-state index is 1.01. The van der Waals surface area contributed by atoms with Crippen molar-refractivity contribution >= 4 is 0 Å². The Morgan fingerprint density at radius 1 is 0.500 bits per heavy atom. The molecule has 0 N–H and O–H groups in total. The van der Waals surface area contributed by atoms with E-state index >= 15 is 0 Å². The first kappa shape index (κ1) is 14.6. The number of rotatable bonds is 4. The van der Waals surface area contributed by atoms with E-state index in [1.165, 1.54) is 33.4 Å². The van der Waals surface area contributed by atoms with E-state index in [0.717, 1.165) is 12.8 Å². The quantitative estimate of drug-likeness (QED) is 0.595. The summed E-state index contributed by atoms with van der Waals surface area (Å²) in [6.07, 6.45) is 2.02. The SMILES string of the molecule is Cc1ccc(C)c(Cc2ccccc2)c1Cc1ccccc1. The van der Waals surface area contributed by atoms with E-state index < -0.39 is 0 Å². The maximum absolute atomic E-state index is 2.25. The molecule has 0 aliphatic rings. The molecule has 0 bridgehead atoms. The van der Waals surface area contributed by atoms with Crippen molar-refractivity contribution in [2.75, 3.05) is 0 Å². The molecule has 0 spiro atoms. The molecule has 0 aliphatic heterocycles. The minimum atomic E-state index is 1.01. The van der Waals surface area contributed by atoms with E-state index in [1.807, 2.05) is 0 Å². The highest BCUT2D eigenvalue weighted by Gasteiger charge is 2.10. The number of benzene rings is 3. The normalized spacial score (nSPS) is 10.6. The molecule has 22 heavy (non-hydrogen) atoms. The minimum Gasteiger partial charge on any atom is -0.0622 e. The molecule has 0 saturated heterocycles. The molecule has 0 radical (unpaired) electrons. The zero-order valence-electron chi connectivity index (χ0n) is 13.3. The lowest BCUT2D eigenvalue weighted by Gasteiger charge is -2.16. The van der Waals surface area contributed by atoms with E-state index in [2.05, 4.69) is 86.6 Å². The van der Waals surface area contributed by atoms with Crippen LogP contribution in [0.25, 0.3) is 0 Å². The van der Waals surface area contributed by atoms with Crippen LogP contribution >= 0.6 is 0 Å². The van der Waals surface area contributed by atoms with Gasteiger partial charge in [0.05, 0.1) is 0 Å². The molecule has 0 fully saturated rings. The van der Waals surface area contributed by atoms with Crippen LogP contribution in [-0.2, 0) is 12.8 Å². The molecule has 0 saturated carbocycles. The maximum atomic E-state index is 2.25. The van der Waals surface area contributed by atoms with Gasteiger partial charge in [-0.2, -0.15) is 0 Å². The van der Waals surface area contributed by atoms with Crippen LogP contribution in [0.5, 0.6) is 0 Å². The van der Waals surface area contributed by atoms with E-state index in [-0.39, 0.29) is 0 Å². The van der Waals surface area contributed by atoms with Crippen LogP contribution in [0.2, 0.25) is 0 Å². The Morgan fingerprint density at radius 2 is 0.864 bits per heavy atom. The van der Waals surface area contributed by atoms with Crippen molar-refractivity contribution in [1.29, 1.82) is 0 Å². The molecular formula is C22H22. The van der Waals surface area contributed by atoms with Gasteiger partial charge in [-0.15, -0.1) is 0 Å². The summed E-state index contributed by atoms with van der Waals surface area (Å²) in [5, 5.41) is 0. The molecule has 0 atom stereocenters. The Hall–Kier alpha value is -2.34. The molecule has 0 aromatic heterocycles. The fraction of sp³-hybridized carbons (Fsp3) is 0.182. The van der Waals surface area contributed by atoms with Crippen LogP contribution < -0.4 is 0 Å². The molecule has 0 nitrogen and oxygen atoms in total. The van der Waals surface area contributed by atoms with Gasteiger partial charge >= 0.3 is 0 Å². The van der Waals surface area contributed by atoms with Gasteiger partial charge in [-0.05, 0) is 60.1 Å². The van der Waals surface area contributed by atoms with Crippen LogP contribution in [-0.4, -0.2) is 0 Å². The summed E-state index contributed by atoms with van der Waals surface area (Å²) in [5.41, 5.74) is 8.50. The van der Waals surface area contributed by atoms with Crippen molar-refractivity contribution < 1.29 is 0 Å². The van der Waals surface area contributed by atoms with Gasteiger partial charge in [-0.3, -0.25) is 0 Å². The highest BCUT2D eigenvalue weighted by atomic mass is 14.1. The van der Waals surface area contributed by atoms with E-state index in [9.17, 15) is 0 Å². The first-order valence-corrected chi connectivity index (χ1v) is 7.90. The smallest absolute Gasteiger partial charge is 0.00202 e. The molecule has 3 aromatic rings. The third kappa shape index (κ3) is 3.28. The van der Waals surface area contributed by atoms with E-state index in [0.29, 0.717) is 0 Å². The molecule has 0 unspecified atom stereocenters. The summed E-state index contributed by atoms with van der Waals surface area (Å²) in [7, 11) is 0. The largest absolute Gasteiger partial charge is 0.0622 e. The topological polar surface area (TPSA) is 0 Å². The van der Waals surface area contributed by atoms with Gasteiger partial charge in [0.1, 0.15) is 0 Å². The van der Waals surface area contributed by atoms with Crippen molar-refractivity contribution in [2.45, 2.75) is 26.7 Å². The fourth-order valence-corrected chi connectivity index (χ4v) is 3.02. The van der Waals surface area contributed by atoms with Crippen LogP contribution in [0.15, 0.2) is 72.8 Å². The van der Waals surface area contributed by atoms with E-state index in [4.69, 9.17) is 0 Å². The number of hydrogen-bond acceptors (Lipinski definition) is 0. The van der Waals surface area contributed by atoms with Gasteiger partial charge in [0.2, 0.25) is 0 Å². The average molecular weight is 286 g/mol. The molecule has 0 amide bonds. The van der Waals surface area contributed by atoms with Gasteiger partial charge in [-0.1, -0.05) is 72.8 Å². The van der Waals surface area contributed by atoms with Gasteiger partial charge < -0.3 is 0 Å². The molecule has 3 rings (SSSR count). The second-order valence-electron chi connectivity index (χ2n) is 5.98. The van der Waals surface area contributed by atoms with Gasteiger partial charge in [0.25, 0.3) is 0 Å². The number of aryl methyl sites for hydroxylation is 2. The zero-order valence-corrected chi connectivity index (χ0v) is 13.3. The molecular weight excluding hydrogens is 264 g/mol. The lowest BCUT2D eigenvalue weighted by atomic mass is 9.89. The Balaban J connectivity index is 1.99. The molecule has 0 heteroatoms. The summed E-state index contributed by atoms with van der Waals surface area (Å²) < 4.78 is 0. The van der Waals surface area contributed by atoms with E-state index in [1.54, 1.807) is 0 Å². The molecule has 0 aliphatic carbocycles. The summed E-state index contributed by atoms with van der Waals surface area (Å²) >= 11 is 0. The van der Waals surface area contributed by atoms with Crippen molar-refractivity contribution in [3.63, 3.8) is 0 Å². The Kier molecular flexibility index (Phi) is 4.39. The summed E-state index contributed by atoms with van der Waals surface area (Å²) in [4.78, 5) is 0. The summed E-state index contributed by atoms with van der Waals surface area (Å²) in [6, 6.07) is 26.0. The van der Waals surface area contributed by atoms with Crippen molar-refractivity contribution in [3.05, 3.63) is 106 Å². The average Bonchev–Trinajstić information content (AvgIpc) is 2.56. The molecule has 110 valence electrons. The summed E-state index contributed by atoms with van der Waals surface area (Å²) in [5.74, 6) is 0. The predicted octanol–water partition coefficient (Wildman–Crippen LogP) is 5.49. The van der Waals surface area contributed by atoms with Crippen molar-refractivity contribution in [2.24, 2.45) is 0 Å². The molecule has 3 aromatic carbocycles. The second-order valence-corrected chi connectivity index (χ2v) is 5.98. The predicted molar refractivity (Wildman–Crippen MR) is 94.4 cm³/mol. The second kappa shape index (κ2) is 6.62. The number of hydrogen-bond donors (Lipinski definition) is 0. The Morgan fingerprint density at radius 3 is 1.23 bits per heavy atom. The lowest BCUT2D eigenvalue weighted by molar-refractivity contribution is 1.05. The van der Waals surface area contributed by atoms with Gasteiger partial charge in [-0.25, -0.2) is 0 Å². The molecule has 0 heterocycles. The van der Waals surface area contributed by atoms with Crippen LogP contribution in [0.4, 0.5) is 0 Å². The van der Waals surface area contributed by atoms with Crippen molar-refractivity contribution in [3.8, 4) is 0 Å².